The van der Waals surface area contributed by atoms with Gasteiger partial charge in [-0.05, 0) is 57.3 Å². The van der Waals surface area contributed by atoms with Gasteiger partial charge < -0.3 is 0 Å². The van der Waals surface area contributed by atoms with Crippen LogP contribution in [0.3, 0.4) is 0 Å². The zero-order chi connectivity index (χ0) is 9.16. The molecule has 1 saturated carbocycles. The van der Waals surface area contributed by atoms with Gasteiger partial charge in [0, 0.05) is 0 Å². The van der Waals surface area contributed by atoms with E-state index in [4.69, 9.17) is 0 Å². The number of rotatable bonds is 0. The smallest absolute Gasteiger partial charge is 0.0128 e. The van der Waals surface area contributed by atoms with E-state index >= 15 is 0 Å². The number of fused-ring (bicyclic) bond motifs is 5. The average Bonchev–Trinajstić information content (AvgIpc) is 2.64. The topological polar surface area (TPSA) is 0 Å². The molecule has 4 atom stereocenters. The molecule has 0 heterocycles. The third-order valence-electron chi connectivity index (χ3n) is 4.75. The zero-order valence-corrected chi connectivity index (χ0v) is 8.80. The molecule has 2 bridgehead atoms. The molecule has 0 amide bonds. The van der Waals surface area contributed by atoms with Crippen molar-refractivity contribution in [3.63, 3.8) is 0 Å². The molecule has 0 aliphatic heterocycles. The number of hydrogen-bond donors (Lipinski definition) is 0. The van der Waals surface area contributed by atoms with Crippen molar-refractivity contribution in [3.8, 4) is 0 Å². The van der Waals surface area contributed by atoms with Crippen molar-refractivity contribution in [3.05, 3.63) is 22.8 Å². The van der Waals surface area contributed by atoms with Crippen LogP contribution in [0.25, 0.3) is 0 Å². The lowest BCUT2D eigenvalue weighted by atomic mass is 9.78. The maximum atomic E-state index is 2.56. The van der Waals surface area contributed by atoms with E-state index < -0.39 is 0 Å². The highest BCUT2D eigenvalue weighted by Gasteiger charge is 2.50. The van der Waals surface area contributed by atoms with E-state index in [1.54, 1.807) is 16.7 Å². The molecule has 0 aromatic heterocycles. The molecule has 0 spiro atoms. The van der Waals surface area contributed by atoms with E-state index in [9.17, 15) is 0 Å². The molecule has 0 nitrogen and oxygen atoms in total. The number of hydrogen-bond acceptors (Lipinski definition) is 0. The minimum atomic E-state index is 0.924. The van der Waals surface area contributed by atoms with Gasteiger partial charge in [0.2, 0.25) is 0 Å². The monoisotopic (exact) mass is 174 g/mol. The fourth-order valence-corrected chi connectivity index (χ4v) is 4.01. The van der Waals surface area contributed by atoms with Gasteiger partial charge >= 0.3 is 0 Å². The van der Waals surface area contributed by atoms with Crippen LogP contribution in [0, 0.1) is 23.7 Å². The van der Waals surface area contributed by atoms with Gasteiger partial charge in [-0.25, -0.2) is 0 Å². The lowest BCUT2D eigenvalue weighted by Gasteiger charge is -2.26. The Hall–Kier alpha value is -0.520. The van der Waals surface area contributed by atoms with Crippen molar-refractivity contribution in [2.75, 3.05) is 0 Å². The molecule has 1 fully saturated rings. The minimum absolute atomic E-state index is 0.924. The van der Waals surface area contributed by atoms with Crippen molar-refractivity contribution in [2.45, 2.75) is 33.6 Å². The van der Waals surface area contributed by atoms with Gasteiger partial charge in [-0.15, -0.1) is 0 Å². The summed E-state index contributed by atoms with van der Waals surface area (Å²) in [5.41, 5.74) is 5.10. The van der Waals surface area contributed by atoms with Crippen LogP contribution in [-0.4, -0.2) is 0 Å². The summed E-state index contributed by atoms with van der Waals surface area (Å²) in [4.78, 5) is 0. The standard InChI is InChI=1S/C13H18/c1-7-4-12-10-6-11(13(12)5-7)9(3)8(10)2/h4,10-13H,5-6H2,1-3H3. The molecule has 3 aliphatic carbocycles. The molecule has 0 aromatic rings. The Balaban J connectivity index is 2.02. The molecular weight excluding hydrogens is 156 g/mol. The quantitative estimate of drug-likeness (QED) is 0.493. The zero-order valence-electron chi connectivity index (χ0n) is 8.80. The van der Waals surface area contributed by atoms with Crippen LogP contribution in [0.15, 0.2) is 22.8 Å². The first-order valence-corrected chi connectivity index (χ1v) is 5.53. The van der Waals surface area contributed by atoms with Gasteiger partial charge in [0.15, 0.2) is 0 Å². The fourth-order valence-electron chi connectivity index (χ4n) is 4.01. The van der Waals surface area contributed by atoms with Gasteiger partial charge in [-0.3, -0.25) is 0 Å². The third kappa shape index (κ3) is 0.820. The van der Waals surface area contributed by atoms with Gasteiger partial charge in [-0.2, -0.15) is 0 Å². The molecule has 0 N–H and O–H groups in total. The van der Waals surface area contributed by atoms with Crippen molar-refractivity contribution < 1.29 is 0 Å². The molecular formula is C13H18. The Bertz CT molecular complexity index is 319. The third-order valence-corrected chi connectivity index (χ3v) is 4.75. The van der Waals surface area contributed by atoms with Crippen molar-refractivity contribution in [1.29, 1.82) is 0 Å². The van der Waals surface area contributed by atoms with Gasteiger partial charge in [0.05, 0.1) is 0 Å². The second kappa shape index (κ2) is 2.29. The van der Waals surface area contributed by atoms with E-state index in [1.165, 1.54) is 12.8 Å². The van der Waals surface area contributed by atoms with Crippen molar-refractivity contribution in [2.24, 2.45) is 23.7 Å². The second-order valence-corrected chi connectivity index (χ2v) is 5.27. The van der Waals surface area contributed by atoms with E-state index in [0.29, 0.717) is 0 Å². The molecule has 3 aliphatic rings. The van der Waals surface area contributed by atoms with Crippen LogP contribution in [0.1, 0.15) is 33.6 Å². The van der Waals surface area contributed by atoms with E-state index in [1.807, 2.05) is 0 Å². The lowest BCUT2D eigenvalue weighted by molar-refractivity contribution is 0.372. The van der Waals surface area contributed by atoms with E-state index in [2.05, 4.69) is 26.8 Å². The minimum Gasteiger partial charge on any atom is -0.0816 e. The van der Waals surface area contributed by atoms with E-state index in [0.717, 1.165) is 23.7 Å². The Kier molecular flexibility index (Phi) is 1.38. The van der Waals surface area contributed by atoms with E-state index in [-0.39, 0.29) is 0 Å². The predicted octanol–water partition coefficient (Wildman–Crippen LogP) is 3.55. The number of allylic oxidation sites excluding steroid dienone is 4. The Morgan fingerprint density at radius 1 is 1.08 bits per heavy atom. The summed E-state index contributed by atoms with van der Waals surface area (Å²) < 4.78 is 0. The summed E-state index contributed by atoms with van der Waals surface area (Å²) in [7, 11) is 0. The molecule has 0 aromatic carbocycles. The molecule has 13 heavy (non-hydrogen) atoms. The van der Waals surface area contributed by atoms with Crippen molar-refractivity contribution in [1.82, 2.24) is 0 Å². The van der Waals surface area contributed by atoms with Gasteiger partial charge in [0.1, 0.15) is 0 Å². The highest BCUT2D eigenvalue weighted by molar-refractivity contribution is 5.34. The lowest BCUT2D eigenvalue weighted by Crippen LogP contribution is -2.18. The maximum Gasteiger partial charge on any atom is -0.0128 e. The molecule has 70 valence electrons. The Labute approximate surface area is 80.7 Å². The first kappa shape index (κ1) is 7.84. The summed E-state index contributed by atoms with van der Waals surface area (Å²) in [6.07, 6.45) is 5.42. The molecule has 3 rings (SSSR count). The molecule has 0 heteroatoms. The maximum absolute atomic E-state index is 2.56. The Morgan fingerprint density at radius 3 is 2.54 bits per heavy atom. The predicted molar refractivity (Wildman–Crippen MR) is 55.3 cm³/mol. The normalized spacial score (nSPS) is 47.2. The highest BCUT2D eigenvalue weighted by Crippen LogP contribution is 2.59. The van der Waals surface area contributed by atoms with Crippen molar-refractivity contribution >= 4 is 0 Å². The van der Waals surface area contributed by atoms with Gasteiger partial charge in [-0.1, -0.05) is 22.8 Å². The highest BCUT2D eigenvalue weighted by atomic mass is 14.5. The fraction of sp³-hybridized carbons (Fsp3) is 0.692. The van der Waals surface area contributed by atoms with Crippen LogP contribution in [0.4, 0.5) is 0 Å². The second-order valence-electron chi connectivity index (χ2n) is 5.27. The largest absolute Gasteiger partial charge is 0.0816 e. The summed E-state index contributed by atoms with van der Waals surface area (Å²) in [5.74, 6) is 3.79. The van der Waals surface area contributed by atoms with Crippen LogP contribution < -0.4 is 0 Å². The first-order chi connectivity index (χ1) is 6.18. The van der Waals surface area contributed by atoms with Crippen LogP contribution in [-0.2, 0) is 0 Å². The van der Waals surface area contributed by atoms with Crippen LogP contribution in [0.5, 0.6) is 0 Å². The van der Waals surface area contributed by atoms with Crippen LogP contribution in [0.2, 0.25) is 0 Å². The summed E-state index contributed by atoms with van der Waals surface area (Å²) in [6.45, 7) is 7.03. The van der Waals surface area contributed by atoms with Crippen LogP contribution >= 0.6 is 0 Å². The summed E-state index contributed by atoms with van der Waals surface area (Å²) >= 11 is 0. The molecule has 0 radical (unpaired) electrons. The molecule has 0 saturated heterocycles. The SMILES string of the molecule is CC1=CC2C3CC(C(C)=C3C)C2C1. The van der Waals surface area contributed by atoms with Gasteiger partial charge in [0.25, 0.3) is 0 Å². The Morgan fingerprint density at radius 2 is 1.77 bits per heavy atom. The summed E-state index contributed by atoms with van der Waals surface area (Å²) in [6, 6.07) is 0. The average molecular weight is 174 g/mol. The summed E-state index contributed by atoms with van der Waals surface area (Å²) in [5, 5.41) is 0. The molecule has 4 unspecified atom stereocenters. The first-order valence-electron chi connectivity index (χ1n) is 5.53.